The van der Waals surface area contributed by atoms with Gasteiger partial charge < -0.3 is 19.4 Å². The second kappa shape index (κ2) is 31.3. The van der Waals surface area contributed by atoms with Crippen LogP contribution in [0.5, 0.6) is 0 Å². The summed E-state index contributed by atoms with van der Waals surface area (Å²) in [5.74, 6) is 0. The Kier molecular flexibility index (Phi) is 18.8. The number of fused-ring (bicyclic) bond motifs is 14. The fourth-order valence-corrected chi connectivity index (χ4v) is 19.8. The van der Waals surface area contributed by atoms with E-state index in [0.717, 1.165) is 39.1 Å². The summed E-state index contributed by atoms with van der Waals surface area (Å²) in [7, 11) is 0. The zero-order chi connectivity index (χ0) is 81.8. The van der Waals surface area contributed by atoms with Crippen LogP contribution in [0.3, 0.4) is 0 Å². The van der Waals surface area contributed by atoms with Gasteiger partial charge in [0, 0.05) is 66.4 Å². The number of benzene rings is 20. The van der Waals surface area contributed by atoms with Crippen molar-refractivity contribution >= 4 is 105 Å². The number of hydrogen-bond donors (Lipinski definition) is 1. The van der Waals surface area contributed by atoms with E-state index in [1.165, 1.54) is 160 Å². The Bertz CT molecular complexity index is 7590. The number of nitrogens with zero attached hydrogens (tertiary/aromatic N) is 3. The molecule has 1 N–H and O–H groups in total. The molecule has 20 aromatic carbocycles. The molecule has 0 fully saturated rings. The minimum atomic E-state index is -0.527. The second-order valence-corrected chi connectivity index (χ2v) is 32.4. The summed E-state index contributed by atoms with van der Waals surface area (Å²) in [5, 5.41) is 14.5. The molecule has 0 atom stereocenters. The summed E-state index contributed by atoms with van der Waals surface area (Å²) in [6.45, 7) is 0. The van der Waals surface area contributed by atoms with Gasteiger partial charge in [-0.2, -0.15) is 0 Å². The quantitative estimate of drug-likeness (QED) is 0.124. The predicted molar refractivity (Wildman–Crippen MR) is 518 cm³/mol. The molecule has 0 bridgehead atoms. The van der Waals surface area contributed by atoms with E-state index in [1.54, 1.807) is 0 Å². The molecule has 2 aliphatic carbocycles. The summed E-state index contributed by atoms with van der Waals surface area (Å²) in [4.78, 5) is 2.40. The maximum atomic E-state index is 6.05. The van der Waals surface area contributed by atoms with Crippen LogP contribution in [0, 0.1) is 0 Å². The average Bonchev–Trinajstić information content (AvgIpc) is 1.54. The molecule has 22 aromatic rings. The van der Waals surface area contributed by atoms with Crippen molar-refractivity contribution in [1.29, 1.82) is 0 Å². The number of hydrogen-bond acceptors (Lipinski definition) is 2. The Labute approximate surface area is 721 Å². The van der Waals surface area contributed by atoms with Crippen molar-refractivity contribution in [1.82, 2.24) is 9.13 Å². The molecule has 123 heavy (non-hydrogen) atoms. The Morgan fingerprint density at radius 1 is 0.211 bits per heavy atom. The highest BCUT2D eigenvalue weighted by atomic mass is 35.5. The van der Waals surface area contributed by atoms with E-state index < -0.39 is 10.8 Å². The first-order chi connectivity index (χ1) is 60.9. The minimum absolute atomic E-state index is 0.411. The molecule has 0 saturated heterocycles. The molecule has 0 amide bonds. The third-order valence-electron chi connectivity index (χ3n) is 25.2. The van der Waals surface area contributed by atoms with Crippen LogP contribution in [0.2, 0.25) is 5.02 Å². The van der Waals surface area contributed by atoms with Crippen LogP contribution >= 0.6 is 11.6 Å². The molecule has 0 aliphatic heterocycles. The molecular formula is C118H81ClN4. The van der Waals surface area contributed by atoms with Gasteiger partial charge in [-0.3, -0.25) is 0 Å². The van der Waals surface area contributed by atoms with E-state index >= 15 is 0 Å². The number of nitrogens with one attached hydrogen (secondary N) is 1. The zero-order valence-electron chi connectivity index (χ0n) is 67.4. The normalized spacial score (nSPS) is 12.6. The molecule has 0 radical (unpaired) electrons. The molecule has 4 nitrogen and oxygen atoms in total. The minimum Gasteiger partial charge on any atom is -0.356 e. The molecule has 0 unspecified atom stereocenters. The Balaban J connectivity index is 0.000000122. The molecule has 580 valence electrons. The molecule has 24 rings (SSSR count). The summed E-state index contributed by atoms with van der Waals surface area (Å²) in [6, 6.07) is 176. The Morgan fingerprint density at radius 3 is 0.984 bits per heavy atom. The Hall–Kier alpha value is -15.6. The van der Waals surface area contributed by atoms with Crippen LogP contribution in [0.1, 0.15) is 44.5 Å². The first-order valence-electron chi connectivity index (χ1n) is 42.2. The van der Waals surface area contributed by atoms with Gasteiger partial charge in [0.05, 0.1) is 32.9 Å². The molecule has 5 heteroatoms. The summed E-state index contributed by atoms with van der Waals surface area (Å²) in [6.07, 6.45) is 0. The standard InChI is InChI=1S/C59H40N2.C35H25N.C24H16ClN/c1-5-19-45(20-6-1)59(46-21-7-2-8-22-46)55-38-43-18-14-13-17-42(43)37-54(55)51-36-34-50(40-56(51)59)60(47-23-9-3-10-24-47)49-32-29-41(30-33-49)44-31-35-53-52-27-15-16-28-57(52)61(58(53)39-44)48-25-11-4-12-26-48;1-4-14-27(15-5-1)35(28-16-6-2-7-17-28)33-23-26-13-11-10-12-25(26)22-32(33)31-21-20-30(24-34(31)35)36-29-18-8-3-9-19-29;25-19-13-10-17(11-14-19)18-12-15-22-21-8-4-5-9-23(21)26(24(22)16-18)20-6-2-1-3-7-20/h1-40H;1-24,36H;1-16H. The molecule has 2 aromatic heterocycles. The van der Waals surface area contributed by atoms with Gasteiger partial charge in [-0.1, -0.05) is 351 Å². The Morgan fingerprint density at radius 2 is 0.537 bits per heavy atom. The van der Waals surface area contributed by atoms with Crippen LogP contribution in [0.4, 0.5) is 28.4 Å². The monoisotopic (exact) mass is 1590 g/mol. The van der Waals surface area contributed by atoms with E-state index in [2.05, 4.69) is 486 Å². The predicted octanol–water partition coefficient (Wildman–Crippen LogP) is 31.5. The summed E-state index contributed by atoms with van der Waals surface area (Å²) < 4.78 is 4.73. The van der Waals surface area contributed by atoms with Crippen LogP contribution in [-0.4, -0.2) is 9.13 Å². The maximum absolute atomic E-state index is 6.05. The van der Waals surface area contributed by atoms with Crippen molar-refractivity contribution in [3.8, 4) is 55.9 Å². The maximum Gasteiger partial charge on any atom is 0.0714 e. The SMILES string of the molecule is Clc1ccc(-c2ccc3c4ccccc4n(-c4ccccc4)c3c2)cc1.c1ccc(N(c2ccc(-c3ccc4c5ccccc5n(-c5ccccc5)c4c3)cc2)c2ccc3c(c2)C(c2ccccc2)(c2ccccc2)c2cc4ccccc4cc2-3)cc1.c1ccc(Nc2ccc3c(c2)C(c2ccccc2)(c2ccccc2)c2cc4ccccc4cc2-3)cc1. The van der Waals surface area contributed by atoms with Gasteiger partial charge in [0.15, 0.2) is 0 Å². The van der Waals surface area contributed by atoms with Crippen LogP contribution < -0.4 is 10.2 Å². The number of para-hydroxylation sites is 6. The van der Waals surface area contributed by atoms with E-state index in [9.17, 15) is 0 Å². The largest absolute Gasteiger partial charge is 0.356 e. The number of aromatic nitrogens is 2. The topological polar surface area (TPSA) is 25.1 Å². The van der Waals surface area contributed by atoms with Crippen molar-refractivity contribution in [3.05, 3.63) is 535 Å². The summed E-state index contributed by atoms with van der Waals surface area (Å²) >= 11 is 6.05. The fourth-order valence-electron chi connectivity index (χ4n) is 19.7. The highest BCUT2D eigenvalue weighted by molar-refractivity contribution is 6.30. The lowest BCUT2D eigenvalue weighted by molar-refractivity contribution is 0.769. The molecule has 2 aliphatic rings. The smallest absolute Gasteiger partial charge is 0.0714 e. The van der Waals surface area contributed by atoms with Crippen LogP contribution in [0.25, 0.3) is 121 Å². The van der Waals surface area contributed by atoms with E-state index in [0.29, 0.717) is 0 Å². The highest BCUT2D eigenvalue weighted by Gasteiger charge is 2.48. The number of anilines is 5. The third kappa shape index (κ3) is 12.9. The summed E-state index contributed by atoms with van der Waals surface area (Å²) in [5.41, 5.74) is 31.9. The molecule has 2 heterocycles. The van der Waals surface area contributed by atoms with Gasteiger partial charge in [-0.25, -0.2) is 0 Å². The molecule has 0 saturated carbocycles. The average molecular weight is 1590 g/mol. The van der Waals surface area contributed by atoms with Gasteiger partial charge in [-0.15, -0.1) is 0 Å². The zero-order valence-corrected chi connectivity index (χ0v) is 68.2. The molecule has 0 spiro atoms. The number of halogens is 1. The highest BCUT2D eigenvalue weighted by Crippen LogP contribution is 2.60. The van der Waals surface area contributed by atoms with E-state index in [4.69, 9.17) is 11.6 Å². The first kappa shape index (κ1) is 73.8. The van der Waals surface area contributed by atoms with Crippen molar-refractivity contribution < 1.29 is 0 Å². The van der Waals surface area contributed by atoms with Crippen molar-refractivity contribution in [3.63, 3.8) is 0 Å². The molecular weight excluding hydrogens is 1510 g/mol. The van der Waals surface area contributed by atoms with E-state index in [1.807, 2.05) is 18.2 Å². The lowest BCUT2D eigenvalue weighted by atomic mass is 9.67. The fraction of sp³-hybridized carbons (Fsp3) is 0.0169. The van der Waals surface area contributed by atoms with Crippen molar-refractivity contribution in [2.75, 3.05) is 10.2 Å². The van der Waals surface area contributed by atoms with E-state index in [-0.39, 0.29) is 0 Å². The van der Waals surface area contributed by atoms with Crippen LogP contribution in [-0.2, 0) is 10.8 Å². The van der Waals surface area contributed by atoms with Gasteiger partial charge in [-0.05, 0) is 256 Å². The lowest BCUT2D eigenvalue weighted by Crippen LogP contribution is -2.28. The lowest BCUT2D eigenvalue weighted by Gasteiger charge is -2.35. The van der Waals surface area contributed by atoms with Gasteiger partial charge in [0.25, 0.3) is 0 Å². The van der Waals surface area contributed by atoms with Gasteiger partial charge in [0.1, 0.15) is 0 Å². The number of rotatable bonds is 13. The van der Waals surface area contributed by atoms with Gasteiger partial charge >= 0.3 is 0 Å². The third-order valence-corrected chi connectivity index (χ3v) is 25.4. The van der Waals surface area contributed by atoms with Crippen LogP contribution in [0.15, 0.2) is 485 Å². The second-order valence-electron chi connectivity index (χ2n) is 32.0. The van der Waals surface area contributed by atoms with Crippen molar-refractivity contribution in [2.45, 2.75) is 10.8 Å². The van der Waals surface area contributed by atoms with Gasteiger partial charge in [0.2, 0.25) is 0 Å². The van der Waals surface area contributed by atoms with Crippen molar-refractivity contribution in [2.24, 2.45) is 0 Å². The first-order valence-corrected chi connectivity index (χ1v) is 42.6.